The number of alkyl halides is 1. The average molecular weight is 252 g/mol. The second kappa shape index (κ2) is 5.41. The Morgan fingerprint density at radius 3 is 2.59 bits per heavy atom. The summed E-state index contributed by atoms with van der Waals surface area (Å²) in [6.07, 6.45) is 3.47. The van der Waals surface area contributed by atoms with Crippen molar-refractivity contribution in [3.05, 3.63) is 35.9 Å². The van der Waals surface area contributed by atoms with Crippen LogP contribution >= 0.6 is 11.6 Å². The number of aryl methyl sites for hydroxylation is 1. The molecule has 1 aliphatic carbocycles. The van der Waals surface area contributed by atoms with E-state index in [0.29, 0.717) is 11.4 Å². The molecule has 0 aromatic heterocycles. The van der Waals surface area contributed by atoms with Gasteiger partial charge in [-0.15, -0.1) is 11.6 Å². The van der Waals surface area contributed by atoms with Crippen LogP contribution in [0, 0.1) is 5.41 Å². The first kappa shape index (κ1) is 12.9. The van der Waals surface area contributed by atoms with E-state index in [9.17, 15) is 0 Å². The van der Waals surface area contributed by atoms with Crippen molar-refractivity contribution in [2.75, 3.05) is 6.54 Å². The standard InChI is InChI=1S/C15H22ClN/c1-15(2)13(16)11-14(15)17-10-6-9-12-7-4-3-5-8-12/h3-5,7-8,13-14,17H,6,9-11H2,1-2H3. The number of benzene rings is 1. The Labute approximate surface area is 110 Å². The van der Waals surface area contributed by atoms with E-state index in [1.165, 1.54) is 12.0 Å². The summed E-state index contributed by atoms with van der Waals surface area (Å²) in [7, 11) is 0. The Morgan fingerprint density at radius 2 is 2.00 bits per heavy atom. The lowest BCUT2D eigenvalue weighted by Gasteiger charge is -2.49. The Morgan fingerprint density at radius 1 is 1.29 bits per heavy atom. The van der Waals surface area contributed by atoms with Crippen molar-refractivity contribution in [3.8, 4) is 0 Å². The zero-order chi connectivity index (χ0) is 12.3. The molecule has 2 unspecified atom stereocenters. The van der Waals surface area contributed by atoms with Gasteiger partial charge in [-0.05, 0) is 36.8 Å². The van der Waals surface area contributed by atoms with Crippen molar-refractivity contribution >= 4 is 11.6 Å². The minimum absolute atomic E-state index is 0.258. The predicted molar refractivity (Wildman–Crippen MR) is 74.6 cm³/mol. The maximum Gasteiger partial charge on any atom is 0.0416 e. The normalized spacial score (nSPS) is 26.5. The first-order valence-corrected chi connectivity index (χ1v) is 6.95. The summed E-state index contributed by atoms with van der Waals surface area (Å²) >= 11 is 6.20. The zero-order valence-corrected chi connectivity index (χ0v) is 11.5. The molecule has 17 heavy (non-hydrogen) atoms. The lowest BCUT2D eigenvalue weighted by molar-refractivity contribution is 0.117. The van der Waals surface area contributed by atoms with Crippen molar-refractivity contribution < 1.29 is 0 Å². The van der Waals surface area contributed by atoms with Crippen molar-refractivity contribution in [3.63, 3.8) is 0 Å². The van der Waals surface area contributed by atoms with Crippen LogP contribution < -0.4 is 5.32 Å². The number of hydrogen-bond acceptors (Lipinski definition) is 1. The summed E-state index contributed by atoms with van der Waals surface area (Å²) in [5, 5.41) is 3.97. The molecule has 94 valence electrons. The predicted octanol–water partition coefficient (Wildman–Crippen LogP) is 3.61. The molecule has 1 aliphatic rings. The Kier molecular flexibility index (Phi) is 4.11. The summed E-state index contributed by atoms with van der Waals surface area (Å²) in [5.74, 6) is 0. The second-order valence-corrected chi connectivity index (χ2v) is 6.15. The zero-order valence-electron chi connectivity index (χ0n) is 10.7. The van der Waals surface area contributed by atoms with E-state index in [1.54, 1.807) is 0 Å². The van der Waals surface area contributed by atoms with Gasteiger partial charge >= 0.3 is 0 Å². The molecule has 0 spiro atoms. The molecule has 1 fully saturated rings. The van der Waals surface area contributed by atoms with Gasteiger partial charge in [0, 0.05) is 11.4 Å². The third kappa shape index (κ3) is 3.02. The largest absolute Gasteiger partial charge is 0.313 e. The third-order valence-electron chi connectivity index (χ3n) is 4.02. The van der Waals surface area contributed by atoms with Crippen LogP contribution in [0.3, 0.4) is 0 Å². The Bertz CT molecular complexity index is 347. The quantitative estimate of drug-likeness (QED) is 0.623. The van der Waals surface area contributed by atoms with E-state index in [4.69, 9.17) is 11.6 Å². The van der Waals surface area contributed by atoms with E-state index in [-0.39, 0.29) is 5.41 Å². The summed E-state index contributed by atoms with van der Waals surface area (Å²) in [5.41, 5.74) is 1.69. The molecular formula is C15H22ClN. The fourth-order valence-electron chi connectivity index (χ4n) is 2.43. The molecule has 1 N–H and O–H groups in total. The van der Waals surface area contributed by atoms with Crippen LogP contribution in [0.4, 0.5) is 0 Å². The molecule has 1 aromatic carbocycles. The van der Waals surface area contributed by atoms with E-state index in [2.05, 4.69) is 49.5 Å². The van der Waals surface area contributed by atoms with E-state index in [0.717, 1.165) is 19.4 Å². The number of nitrogens with one attached hydrogen (secondary N) is 1. The fourth-order valence-corrected chi connectivity index (χ4v) is 2.76. The highest BCUT2D eigenvalue weighted by atomic mass is 35.5. The molecule has 2 atom stereocenters. The number of rotatable bonds is 5. The van der Waals surface area contributed by atoms with Crippen LogP contribution in [0.15, 0.2) is 30.3 Å². The first-order chi connectivity index (χ1) is 8.10. The Balaban J connectivity index is 1.65. The van der Waals surface area contributed by atoms with Gasteiger partial charge in [0.15, 0.2) is 0 Å². The van der Waals surface area contributed by atoms with Gasteiger partial charge in [-0.1, -0.05) is 44.2 Å². The maximum atomic E-state index is 6.20. The first-order valence-electron chi connectivity index (χ1n) is 6.52. The molecular weight excluding hydrogens is 230 g/mol. The van der Waals surface area contributed by atoms with Crippen LogP contribution in [-0.2, 0) is 6.42 Å². The molecule has 0 aliphatic heterocycles. The summed E-state index contributed by atoms with van der Waals surface area (Å²) in [4.78, 5) is 0. The monoisotopic (exact) mass is 251 g/mol. The maximum absolute atomic E-state index is 6.20. The lowest BCUT2D eigenvalue weighted by Crippen LogP contribution is -2.57. The van der Waals surface area contributed by atoms with Gasteiger partial charge in [0.1, 0.15) is 0 Å². The van der Waals surface area contributed by atoms with Crippen molar-refractivity contribution in [1.29, 1.82) is 0 Å². The van der Waals surface area contributed by atoms with Gasteiger partial charge in [-0.3, -0.25) is 0 Å². The van der Waals surface area contributed by atoms with Gasteiger partial charge in [0.05, 0.1) is 0 Å². The minimum atomic E-state index is 0.258. The molecule has 0 heterocycles. The minimum Gasteiger partial charge on any atom is -0.313 e. The highest BCUT2D eigenvalue weighted by molar-refractivity contribution is 6.21. The molecule has 0 bridgehead atoms. The van der Waals surface area contributed by atoms with Crippen molar-refractivity contribution in [1.82, 2.24) is 5.32 Å². The highest BCUT2D eigenvalue weighted by Gasteiger charge is 2.46. The second-order valence-electron chi connectivity index (χ2n) is 5.62. The SMILES string of the molecule is CC1(C)C(Cl)CC1NCCCc1ccccc1. The molecule has 2 heteroatoms. The summed E-state index contributed by atoms with van der Waals surface area (Å²) in [6.45, 7) is 5.60. The van der Waals surface area contributed by atoms with E-state index < -0.39 is 0 Å². The molecule has 2 rings (SSSR count). The summed E-state index contributed by atoms with van der Waals surface area (Å²) in [6, 6.07) is 11.3. The van der Waals surface area contributed by atoms with Gasteiger partial charge in [0.2, 0.25) is 0 Å². The third-order valence-corrected chi connectivity index (χ3v) is 4.76. The van der Waals surface area contributed by atoms with Crippen LogP contribution in [-0.4, -0.2) is 18.0 Å². The van der Waals surface area contributed by atoms with Gasteiger partial charge in [-0.25, -0.2) is 0 Å². The van der Waals surface area contributed by atoms with Crippen LogP contribution in [0.1, 0.15) is 32.3 Å². The molecule has 1 saturated carbocycles. The topological polar surface area (TPSA) is 12.0 Å². The van der Waals surface area contributed by atoms with Crippen LogP contribution in [0.25, 0.3) is 0 Å². The van der Waals surface area contributed by atoms with Gasteiger partial charge in [0.25, 0.3) is 0 Å². The van der Waals surface area contributed by atoms with Gasteiger partial charge in [-0.2, -0.15) is 0 Å². The van der Waals surface area contributed by atoms with Crippen molar-refractivity contribution in [2.24, 2.45) is 5.41 Å². The molecule has 0 amide bonds. The van der Waals surface area contributed by atoms with E-state index >= 15 is 0 Å². The summed E-state index contributed by atoms with van der Waals surface area (Å²) < 4.78 is 0. The molecule has 0 radical (unpaired) electrons. The smallest absolute Gasteiger partial charge is 0.0416 e. The lowest BCUT2D eigenvalue weighted by atomic mass is 9.67. The molecule has 0 saturated heterocycles. The Hall–Kier alpha value is -0.530. The number of hydrogen-bond donors (Lipinski definition) is 1. The van der Waals surface area contributed by atoms with Crippen molar-refractivity contribution in [2.45, 2.75) is 44.5 Å². The number of halogens is 1. The van der Waals surface area contributed by atoms with Gasteiger partial charge < -0.3 is 5.32 Å². The van der Waals surface area contributed by atoms with Crippen LogP contribution in [0.2, 0.25) is 0 Å². The highest BCUT2D eigenvalue weighted by Crippen LogP contribution is 2.44. The molecule has 1 aromatic rings. The molecule has 1 nitrogen and oxygen atoms in total. The van der Waals surface area contributed by atoms with Crippen LogP contribution in [0.5, 0.6) is 0 Å². The van der Waals surface area contributed by atoms with E-state index in [1.807, 2.05) is 0 Å². The average Bonchev–Trinajstić information content (AvgIpc) is 2.34. The fraction of sp³-hybridized carbons (Fsp3) is 0.600.